The van der Waals surface area contributed by atoms with Crippen LogP contribution in [0.1, 0.15) is 39.9 Å². The van der Waals surface area contributed by atoms with Crippen molar-refractivity contribution < 1.29 is 29.0 Å². The molecule has 0 aliphatic heterocycles. The van der Waals surface area contributed by atoms with Gasteiger partial charge in [-0.25, -0.2) is 9.59 Å². The summed E-state index contributed by atoms with van der Waals surface area (Å²) in [5.74, 6) is -1.90. The zero-order valence-corrected chi connectivity index (χ0v) is 22.4. The van der Waals surface area contributed by atoms with Crippen molar-refractivity contribution in [2.45, 2.75) is 31.6 Å². The van der Waals surface area contributed by atoms with Crippen molar-refractivity contribution in [3.05, 3.63) is 125 Å². The van der Waals surface area contributed by atoms with E-state index in [0.29, 0.717) is 5.69 Å². The number of fused-ring (bicyclic) bond motifs is 3. The van der Waals surface area contributed by atoms with Crippen LogP contribution in [0.25, 0.3) is 11.1 Å². The topological polar surface area (TPSA) is 114 Å². The predicted molar refractivity (Wildman–Crippen MR) is 155 cm³/mol. The van der Waals surface area contributed by atoms with Gasteiger partial charge in [0.1, 0.15) is 6.61 Å². The normalized spacial score (nSPS) is 13.4. The third-order valence-electron chi connectivity index (χ3n) is 7.09. The van der Waals surface area contributed by atoms with E-state index in [4.69, 9.17) is 9.47 Å². The smallest absolute Gasteiger partial charge is 0.411 e. The molecule has 0 saturated heterocycles. The zero-order valence-electron chi connectivity index (χ0n) is 22.4. The van der Waals surface area contributed by atoms with Gasteiger partial charge >= 0.3 is 12.1 Å². The molecule has 4 aromatic carbocycles. The molecule has 5 rings (SSSR count). The third kappa shape index (κ3) is 6.45. The summed E-state index contributed by atoms with van der Waals surface area (Å²) in [7, 11) is 0. The standard InChI is InChI=1S/C33H30N2O6/c1-21(40-19-22-10-3-2-4-11-22)30(32(37)38)35-31(36)23-12-9-13-24(18-23)34-33(39)41-20-29-27-16-7-5-14-25(27)26-15-6-8-17-28(26)29/h2-18,21,29-30H,19-20H2,1H3,(H,34,39)(H,35,36)(H,37,38)/t21-,30+/m0/s1. The van der Waals surface area contributed by atoms with Gasteiger partial charge in [-0.1, -0.05) is 84.9 Å². The second-order valence-electron chi connectivity index (χ2n) is 9.82. The lowest BCUT2D eigenvalue weighted by atomic mass is 9.98. The molecule has 2 amide bonds. The molecule has 41 heavy (non-hydrogen) atoms. The molecule has 0 fully saturated rings. The molecule has 0 spiro atoms. The zero-order chi connectivity index (χ0) is 28.8. The Morgan fingerprint density at radius 1 is 0.829 bits per heavy atom. The number of carboxylic acid groups (broad SMARTS) is 1. The van der Waals surface area contributed by atoms with E-state index in [2.05, 4.69) is 22.8 Å². The van der Waals surface area contributed by atoms with E-state index in [0.717, 1.165) is 27.8 Å². The lowest BCUT2D eigenvalue weighted by Crippen LogP contribution is -2.48. The number of amides is 2. The maximum atomic E-state index is 12.9. The maximum Gasteiger partial charge on any atom is 0.411 e. The number of aliphatic carboxylic acids is 1. The fraction of sp³-hybridized carbons (Fsp3) is 0.182. The van der Waals surface area contributed by atoms with Crippen molar-refractivity contribution in [1.82, 2.24) is 5.32 Å². The third-order valence-corrected chi connectivity index (χ3v) is 7.09. The highest BCUT2D eigenvalue weighted by atomic mass is 16.5. The largest absolute Gasteiger partial charge is 0.480 e. The summed E-state index contributed by atoms with van der Waals surface area (Å²) in [6, 6.07) is 30.4. The summed E-state index contributed by atoms with van der Waals surface area (Å²) in [6.45, 7) is 1.96. The molecule has 4 aromatic rings. The number of carbonyl (C=O) groups is 3. The fourth-order valence-corrected chi connectivity index (χ4v) is 4.99. The van der Waals surface area contributed by atoms with Crippen LogP contribution < -0.4 is 10.6 Å². The maximum absolute atomic E-state index is 12.9. The van der Waals surface area contributed by atoms with Crippen LogP contribution in [-0.4, -0.2) is 41.8 Å². The Labute approximate surface area is 237 Å². The Morgan fingerprint density at radius 3 is 2.12 bits per heavy atom. The van der Waals surface area contributed by atoms with Crippen molar-refractivity contribution in [1.29, 1.82) is 0 Å². The number of carboxylic acids is 1. The van der Waals surface area contributed by atoms with Crippen LogP contribution in [-0.2, 0) is 20.9 Å². The average molecular weight is 551 g/mol. The van der Waals surface area contributed by atoms with Crippen LogP contribution in [0.15, 0.2) is 103 Å². The molecule has 0 aromatic heterocycles. The van der Waals surface area contributed by atoms with E-state index >= 15 is 0 Å². The number of nitrogens with one attached hydrogen (secondary N) is 2. The highest BCUT2D eigenvalue weighted by molar-refractivity contribution is 5.98. The van der Waals surface area contributed by atoms with Gasteiger partial charge in [0.2, 0.25) is 0 Å². The molecule has 0 heterocycles. The summed E-state index contributed by atoms with van der Waals surface area (Å²) < 4.78 is 11.3. The lowest BCUT2D eigenvalue weighted by molar-refractivity contribution is -0.143. The van der Waals surface area contributed by atoms with Gasteiger partial charge in [0.15, 0.2) is 6.04 Å². The van der Waals surface area contributed by atoms with E-state index in [-0.39, 0.29) is 24.7 Å². The second kappa shape index (κ2) is 12.5. The molecular weight excluding hydrogens is 520 g/mol. The first kappa shape index (κ1) is 27.6. The first-order valence-corrected chi connectivity index (χ1v) is 13.3. The Morgan fingerprint density at radius 2 is 1.46 bits per heavy atom. The monoisotopic (exact) mass is 550 g/mol. The van der Waals surface area contributed by atoms with E-state index in [9.17, 15) is 19.5 Å². The number of ether oxygens (including phenoxy) is 2. The Balaban J connectivity index is 1.18. The Bertz CT molecular complexity index is 1510. The number of hydrogen-bond donors (Lipinski definition) is 3. The first-order chi connectivity index (χ1) is 19.9. The minimum Gasteiger partial charge on any atom is -0.480 e. The van der Waals surface area contributed by atoms with Gasteiger partial charge in [-0.3, -0.25) is 10.1 Å². The second-order valence-corrected chi connectivity index (χ2v) is 9.82. The van der Waals surface area contributed by atoms with Crippen LogP contribution in [0, 0.1) is 0 Å². The predicted octanol–water partition coefficient (Wildman–Crippen LogP) is 5.84. The fourth-order valence-electron chi connectivity index (χ4n) is 4.99. The summed E-state index contributed by atoms with van der Waals surface area (Å²) in [5.41, 5.74) is 5.90. The van der Waals surface area contributed by atoms with Crippen LogP contribution in [0.4, 0.5) is 10.5 Å². The van der Waals surface area contributed by atoms with Gasteiger partial charge in [0.05, 0.1) is 12.7 Å². The molecule has 1 aliphatic rings. The molecule has 1 aliphatic carbocycles. The van der Waals surface area contributed by atoms with Crippen molar-refractivity contribution in [3.63, 3.8) is 0 Å². The minimum absolute atomic E-state index is 0.0793. The van der Waals surface area contributed by atoms with Crippen molar-refractivity contribution >= 4 is 23.7 Å². The highest BCUT2D eigenvalue weighted by Gasteiger charge is 2.30. The van der Waals surface area contributed by atoms with Gasteiger partial charge < -0.3 is 19.9 Å². The molecule has 0 radical (unpaired) electrons. The van der Waals surface area contributed by atoms with Gasteiger partial charge in [-0.15, -0.1) is 0 Å². The quantitative estimate of drug-likeness (QED) is 0.229. The SMILES string of the molecule is C[C@H](OCc1ccccc1)[C@@H](NC(=O)c1cccc(NC(=O)OCC2c3ccccc3-c3ccccc32)c1)C(=O)O. The molecule has 8 heteroatoms. The van der Waals surface area contributed by atoms with E-state index in [1.807, 2.05) is 66.7 Å². The van der Waals surface area contributed by atoms with Crippen molar-refractivity contribution in [2.75, 3.05) is 11.9 Å². The Kier molecular flexibility index (Phi) is 8.41. The summed E-state index contributed by atoms with van der Waals surface area (Å²) >= 11 is 0. The average Bonchev–Trinajstić information content (AvgIpc) is 3.31. The van der Waals surface area contributed by atoms with Gasteiger partial charge in [0.25, 0.3) is 5.91 Å². The lowest BCUT2D eigenvalue weighted by Gasteiger charge is -2.22. The minimum atomic E-state index is -1.27. The number of rotatable bonds is 10. The molecule has 8 nitrogen and oxygen atoms in total. The Hall–Kier alpha value is -4.95. The van der Waals surface area contributed by atoms with Crippen LogP contribution in [0.3, 0.4) is 0 Å². The van der Waals surface area contributed by atoms with Gasteiger partial charge in [-0.05, 0) is 52.9 Å². The summed E-state index contributed by atoms with van der Waals surface area (Å²) in [4.78, 5) is 37.5. The van der Waals surface area contributed by atoms with E-state index in [1.54, 1.807) is 19.1 Å². The number of anilines is 1. The number of hydrogen-bond acceptors (Lipinski definition) is 5. The molecular formula is C33H30N2O6. The molecule has 0 saturated carbocycles. The molecule has 0 unspecified atom stereocenters. The van der Waals surface area contributed by atoms with Crippen molar-refractivity contribution in [3.8, 4) is 11.1 Å². The van der Waals surface area contributed by atoms with E-state index < -0.39 is 30.1 Å². The van der Waals surface area contributed by atoms with Gasteiger partial charge in [-0.2, -0.15) is 0 Å². The van der Waals surface area contributed by atoms with Gasteiger partial charge in [0, 0.05) is 17.2 Å². The summed E-state index contributed by atoms with van der Waals surface area (Å²) in [6.07, 6.45) is -1.45. The highest BCUT2D eigenvalue weighted by Crippen LogP contribution is 2.44. The molecule has 0 bridgehead atoms. The molecule has 2 atom stereocenters. The molecule has 208 valence electrons. The molecule has 3 N–H and O–H groups in total. The number of benzene rings is 4. The van der Waals surface area contributed by atoms with Crippen LogP contribution in [0.5, 0.6) is 0 Å². The van der Waals surface area contributed by atoms with E-state index in [1.165, 1.54) is 12.1 Å². The number of carbonyl (C=O) groups excluding carboxylic acids is 2. The van der Waals surface area contributed by atoms with Crippen LogP contribution >= 0.6 is 0 Å². The first-order valence-electron chi connectivity index (χ1n) is 13.3. The summed E-state index contributed by atoms with van der Waals surface area (Å²) in [5, 5.41) is 14.9. The van der Waals surface area contributed by atoms with Crippen molar-refractivity contribution in [2.24, 2.45) is 0 Å². The van der Waals surface area contributed by atoms with Crippen LogP contribution in [0.2, 0.25) is 0 Å².